The number of rotatable bonds is 5. The molecule has 0 saturated heterocycles. The number of amides is 2. The molecule has 0 aliphatic heterocycles. The highest BCUT2D eigenvalue weighted by Gasteiger charge is 2.17. The molecule has 0 saturated carbocycles. The van der Waals surface area contributed by atoms with Crippen molar-refractivity contribution >= 4 is 34.2 Å². The number of carbonyl (C=O) groups is 2. The zero-order valence-corrected chi connectivity index (χ0v) is 14.4. The summed E-state index contributed by atoms with van der Waals surface area (Å²) in [5.41, 5.74) is 0.497. The van der Waals surface area contributed by atoms with Crippen LogP contribution in [0.5, 0.6) is 0 Å². The first-order valence-electron chi connectivity index (χ1n) is 8.13. The van der Waals surface area contributed by atoms with Crippen molar-refractivity contribution in [3.05, 3.63) is 54.4 Å². The number of H-pyrrole nitrogens is 1. The van der Waals surface area contributed by atoms with Crippen LogP contribution >= 0.6 is 0 Å². The Morgan fingerprint density at radius 1 is 1.19 bits per heavy atom. The molecule has 1 aromatic carbocycles. The maximum absolute atomic E-state index is 13.4. The minimum absolute atomic E-state index is 0.189. The molecule has 3 N–H and O–H groups in total. The van der Waals surface area contributed by atoms with Gasteiger partial charge in [-0.05, 0) is 18.2 Å². The lowest BCUT2D eigenvalue weighted by Crippen LogP contribution is -2.39. The van der Waals surface area contributed by atoms with Crippen molar-refractivity contribution in [3.63, 3.8) is 0 Å². The first kappa shape index (κ1) is 18.3. The Morgan fingerprint density at radius 2 is 1.96 bits per heavy atom. The normalized spacial score (nSPS) is 10.6. The molecule has 3 aromatic rings. The Labute approximate surface area is 153 Å². The summed E-state index contributed by atoms with van der Waals surface area (Å²) in [6.07, 6.45) is 3.03. The predicted octanol–water partition coefficient (Wildman–Crippen LogP) is 2.03. The Morgan fingerprint density at radius 3 is 2.70 bits per heavy atom. The number of benzene rings is 1. The molecule has 2 heterocycles. The molecule has 3 rings (SSSR count). The van der Waals surface area contributed by atoms with Crippen molar-refractivity contribution in [1.82, 2.24) is 15.3 Å². The molecule has 9 heteroatoms. The molecular formula is C18H17F2N5O2. The third-order valence-electron chi connectivity index (χ3n) is 3.95. The van der Waals surface area contributed by atoms with E-state index in [-0.39, 0.29) is 17.6 Å². The third kappa shape index (κ3) is 4.20. The molecule has 0 aliphatic rings. The lowest BCUT2D eigenvalue weighted by molar-refractivity contribution is -0.136. The van der Waals surface area contributed by atoms with Gasteiger partial charge >= 0.3 is 11.8 Å². The molecule has 0 spiro atoms. The first-order valence-corrected chi connectivity index (χ1v) is 8.13. The van der Waals surface area contributed by atoms with Gasteiger partial charge in [0.1, 0.15) is 5.82 Å². The minimum atomic E-state index is -1.04. The number of pyridine rings is 1. The van der Waals surface area contributed by atoms with Gasteiger partial charge in [0.15, 0.2) is 11.6 Å². The van der Waals surface area contributed by atoms with E-state index in [1.807, 2.05) is 24.1 Å². The molecule has 27 heavy (non-hydrogen) atoms. The molecule has 0 radical (unpaired) electrons. The summed E-state index contributed by atoms with van der Waals surface area (Å²) in [6, 6.07) is 7.41. The Kier molecular flexibility index (Phi) is 5.30. The molecule has 0 unspecified atom stereocenters. The Hall–Kier alpha value is -3.49. The fraction of sp³-hybridized carbons (Fsp3) is 0.167. The highest BCUT2D eigenvalue weighted by atomic mass is 19.2. The molecule has 0 bridgehead atoms. The Bertz CT molecular complexity index is 975. The van der Waals surface area contributed by atoms with Crippen molar-refractivity contribution in [2.45, 2.75) is 0 Å². The number of hydrogen-bond acceptors (Lipinski definition) is 4. The molecule has 140 valence electrons. The van der Waals surface area contributed by atoms with Crippen molar-refractivity contribution in [2.24, 2.45) is 0 Å². The van der Waals surface area contributed by atoms with Crippen LogP contribution in [-0.4, -0.2) is 41.9 Å². The van der Waals surface area contributed by atoms with Crippen molar-refractivity contribution < 1.29 is 18.4 Å². The van der Waals surface area contributed by atoms with Gasteiger partial charge in [-0.15, -0.1) is 0 Å². The van der Waals surface area contributed by atoms with Crippen LogP contribution in [0.25, 0.3) is 10.9 Å². The van der Waals surface area contributed by atoms with Crippen LogP contribution in [0.15, 0.2) is 42.7 Å². The predicted molar refractivity (Wildman–Crippen MR) is 97.4 cm³/mol. The second kappa shape index (κ2) is 7.81. The van der Waals surface area contributed by atoms with Gasteiger partial charge in [0, 0.05) is 44.0 Å². The number of halogens is 2. The number of aromatic amines is 1. The van der Waals surface area contributed by atoms with Crippen molar-refractivity contribution in [2.75, 3.05) is 30.4 Å². The first-order chi connectivity index (χ1) is 13.0. The van der Waals surface area contributed by atoms with E-state index < -0.39 is 23.4 Å². The van der Waals surface area contributed by atoms with Crippen LogP contribution < -0.4 is 15.5 Å². The summed E-state index contributed by atoms with van der Waals surface area (Å²) in [6.45, 7) is 0.681. The van der Waals surface area contributed by atoms with Gasteiger partial charge < -0.3 is 20.5 Å². The molecule has 7 nitrogen and oxygen atoms in total. The van der Waals surface area contributed by atoms with Gasteiger partial charge in [-0.1, -0.05) is 6.07 Å². The fourth-order valence-corrected chi connectivity index (χ4v) is 2.51. The number of hydrogen-bond donors (Lipinski definition) is 3. The van der Waals surface area contributed by atoms with Crippen molar-refractivity contribution in [3.8, 4) is 0 Å². The van der Waals surface area contributed by atoms with Crippen LogP contribution in [0.2, 0.25) is 0 Å². The molecule has 0 fully saturated rings. The van der Waals surface area contributed by atoms with E-state index in [0.717, 1.165) is 18.0 Å². The lowest BCUT2D eigenvalue weighted by Gasteiger charge is -2.17. The quantitative estimate of drug-likeness (QED) is 0.597. The van der Waals surface area contributed by atoms with Crippen molar-refractivity contribution in [1.29, 1.82) is 0 Å². The monoisotopic (exact) mass is 373 g/mol. The zero-order valence-electron chi connectivity index (χ0n) is 14.4. The van der Waals surface area contributed by atoms with Gasteiger partial charge in [-0.25, -0.2) is 13.8 Å². The van der Waals surface area contributed by atoms with E-state index in [2.05, 4.69) is 20.6 Å². The average Bonchev–Trinajstić information content (AvgIpc) is 3.04. The largest absolute Gasteiger partial charge is 0.359 e. The maximum Gasteiger partial charge on any atom is 0.313 e. The fourth-order valence-electron chi connectivity index (χ4n) is 2.51. The molecular weight excluding hydrogens is 356 g/mol. The van der Waals surface area contributed by atoms with Crippen LogP contribution in [-0.2, 0) is 9.59 Å². The van der Waals surface area contributed by atoms with Gasteiger partial charge in [-0.2, -0.15) is 0 Å². The smallest absolute Gasteiger partial charge is 0.313 e. The second-order valence-electron chi connectivity index (χ2n) is 5.83. The number of nitrogens with one attached hydrogen (secondary N) is 3. The second-order valence-corrected chi connectivity index (χ2v) is 5.83. The lowest BCUT2D eigenvalue weighted by atomic mass is 10.2. The molecule has 0 atom stereocenters. The summed E-state index contributed by atoms with van der Waals surface area (Å²) >= 11 is 0. The van der Waals surface area contributed by atoms with Crippen LogP contribution in [0.1, 0.15) is 0 Å². The standard InChI is InChI=1S/C18H17F2N5O2/c1-25(16-4-2-3-5-21-16)7-6-22-17(26)18(27)24-15-10-23-14-9-13(20)12(19)8-11(14)15/h2-5,8-10,23H,6-7H2,1H3,(H,22,26)(H,24,27). The summed E-state index contributed by atoms with van der Waals surface area (Å²) in [4.78, 5) is 32.7. The van der Waals surface area contributed by atoms with Crippen LogP contribution in [0.3, 0.4) is 0 Å². The topological polar surface area (TPSA) is 90.1 Å². The summed E-state index contributed by atoms with van der Waals surface area (Å²) in [5.74, 6) is -3.04. The molecule has 2 amide bonds. The van der Waals surface area contributed by atoms with E-state index in [1.54, 1.807) is 12.3 Å². The highest BCUT2D eigenvalue weighted by molar-refractivity contribution is 6.40. The van der Waals surface area contributed by atoms with Gasteiger partial charge in [0.2, 0.25) is 0 Å². The third-order valence-corrected chi connectivity index (χ3v) is 3.95. The van der Waals surface area contributed by atoms with Gasteiger partial charge in [0.25, 0.3) is 0 Å². The Balaban J connectivity index is 1.55. The summed E-state index contributed by atoms with van der Waals surface area (Å²) in [7, 11) is 1.81. The maximum atomic E-state index is 13.4. The minimum Gasteiger partial charge on any atom is -0.359 e. The van der Waals surface area contributed by atoms with Gasteiger partial charge in [-0.3, -0.25) is 9.59 Å². The zero-order chi connectivity index (χ0) is 19.4. The van der Waals surface area contributed by atoms with Gasteiger partial charge in [0.05, 0.1) is 11.2 Å². The SMILES string of the molecule is CN(CCNC(=O)C(=O)Nc1c[nH]c2cc(F)c(F)cc12)c1ccccn1. The summed E-state index contributed by atoms with van der Waals surface area (Å²) < 4.78 is 26.6. The van der Waals surface area contributed by atoms with Crippen LogP contribution in [0.4, 0.5) is 20.3 Å². The number of aromatic nitrogens is 2. The molecule has 2 aromatic heterocycles. The number of anilines is 2. The van der Waals surface area contributed by atoms with E-state index in [4.69, 9.17) is 0 Å². The molecule has 0 aliphatic carbocycles. The van der Waals surface area contributed by atoms with E-state index in [9.17, 15) is 18.4 Å². The van der Waals surface area contributed by atoms with E-state index in [0.29, 0.717) is 12.1 Å². The number of carbonyl (C=O) groups excluding carboxylic acids is 2. The highest BCUT2D eigenvalue weighted by Crippen LogP contribution is 2.25. The van der Waals surface area contributed by atoms with E-state index >= 15 is 0 Å². The average molecular weight is 373 g/mol. The number of fused-ring (bicyclic) bond motifs is 1. The summed E-state index contributed by atoms with van der Waals surface area (Å²) in [5, 5.41) is 5.15. The van der Waals surface area contributed by atoms with E-state index in [1.165, 1.54) is 6.20 Å². The number of likely N-dealkylation sites (N-methyl/N-ethyl adjacent to an activating group) is 1. The number of nitrogens with zero attached hydrogens (tertiary/aromatic N) is 2. The van der Waals surface area contributed by atoms with Crippen LogP contribution in [0, 0.1) is 11.6 Å².